The van der Waals surface area contributed by atoms with Crippen molar-refractivity contribution in [3.05, 3.63) is 65.2 Å². The molecule has 2 fully saturated rings. The van der Waals surface area contributed by atoms with E-state index >= 15 is 0 Å². The molecule has 0 radical (unpaired) electrons. The van der Waals surface area contributed by atoms with Gasteiger partial charge in [0.15, 0.2) is 5.82 Å². The maximum atomic E-state index is 5.96. The number of aromatic nitrogens is 3. The zero-order valence-corrected chi connectivity index (χ0v) is 20.8. The Kier molecular flexibility index (Phi) is 7.27. The van der Waals surface area contributed by atoms with Gasteiger partial charge in [0.2, 0.25) is 4.77 Å². The number of methoxy groups -OCH3 is 1. The van der Waals surface area contributed by atoms with Gasteiger partial charge in [-0.05, 0) is 81.0 Å². The van der Waals surface area contributed by atoms with E-state index in [1.165, 1.54) is 18.5 Å². The molecule has 2 aromatic carbocycles. The van der Waals surface area contributed by atoms with E-state index in [1.54, 1.807) is 7.11 Å². The molecule has 2 saturated heterocycles. The molecule has 2 aliphatic rings. The van der Waals surface area contributed by atoms with E-state index in [0.717, 1.165) is 80.9 Å². The SMILES string of the molecule is COc1ccc(N2CCCN(Cn3nc(CN4CCCC4)n(-c4ccccc4)c3=S)CC2)cc1. The van der Waals surface area contributed by atoms with Gasteiger partial charge in [-0.2, -0.15) is 5.10 Å². The fraction of sp³-hybridized carbons (Fsp3) is 0.462. The fourth-order valence-corrected chi connectivity index (χ4v) is 5.29. The summed E-state index contributed by atoms with van der Waals surface area (Å²) in [6, 6.07) is 18.8. The number of nitrogens with zero attached hydrogens (tertiary/aromatic N) is 6. The minimum absolute atomic E-state index is 0.724. The van der Waals surface area contributed by atoms with E-state index in [2.05, 4.69) is 55.7 Å². The van der Waals surface area contributed by atoms with E-state index in [-0.39, 0.29) is 0 Å². The zero-order chi connectivity index (χ0) is 23.3. The molecule has 0 saturated carbocycles. The van der Waals surface area contributed by atoms with E-state index in [9.17, 15) is 0 Å². The standard InChI is InChI=1S/C26H34N6OS/c1-33-24-12-10-22(11-13-24)30-17-7-16-29(18-19-30)21-31-26(34)32(23-8-3-2-4-9-23)25(27-31)20-28-14-5-6-15-28/h2-4,8-13H,5-7,14-21H2,1H3. The third-order valence-electron chi connectivity index (χ3n) is 6.84. The topological polar surface area (TPSA) is 41.7 Å². The summed E-state index contributed by atoms with van der Waals surface area (Å²) >= 11 is 5.96. The molecule has 3 aromatic rings. The first-order chi connectivity index (χ1) is 16.7. The van der Waals surface area contributed by atoms with Crippen molar-refractivity contribution in [2.45, 2.75) is 32.5 Å². The van der Waals surface area contributed by atoms with E-state index < -0.39 is 0 Å². The Morgan fingerprint density at radius 2 is 1.53 bits per heavy atom. The Labute approximate surface area is 207 Å². The third-order valence-corrected chi connectivity index (χ3v) is 7.24. The van der Waals surface area contributed by atoms with Gasteiger partial charge in [-0.3, -0.25) is 14.4 Å². The molecule has 0 bridgehead atoms. The molecular formula is C26H34N6OS. The lowest BCUT2D eigenvalue weighted by atomic mass is 10.2. The quantitative estimate of drug-likeness (QED) is 0.475. The average Bonchev–Trinajstić information content (AvgIpc) is 3.41. The summed E-state index contributed by atoms with van der Waals surface area (Å²) in [5.41, 5.74) is 2.34. The summed E-state index contributed by atoms with van der Waals surface area (Å²) in [5.74, 6) is 1.93. The monoisotopic (exact) mass is 478 g/mol. The van der Waals surface area contributed by atoms with Crippen molar-refractivity contribution < 1.29 is 4.74 Å². The highest BCUT2D eigenvalue weighted by atomic mass is 32.1. The van der Waals surface area contributed by atoms with Gasteiger partial charge in [0.05, 0.1) is 20.3 Å². The van der Waals surface area contributed by atoms with Gasteiger partial charge in [0, 0.05) is 37.6 Å². The number of benzene rings is 2. The largest absolute Gasteiger partial charge is 0.497 e. The Morgan fingerprint density at radius 1 is 0.794 bits per heavy atom. The minimum atomic E-state index is 0.724. The van der Waals surface area contributed by atoms with Crippen molar-refractivity contribution in [1.29, 1.82) is 0 Å². The summed E-state index contributed by atoms with van der Waals surface area (Å²) in [4.78, 5) is 7.42. The maximum Gasteiger partial charge on any atom is 0.203 e. The second kappa shape index (κ2) is 10.7. The number of hydrogen-bond acceptors (Lipinski definition) is 6. The van der Waals surface area contributed by atoms with Crippen molar-refractivity contribution in [1.82, 2.24) is 24.1 Å². The first kappa shape index (κ1) is 23.1. The predicted octanol–water partition coefficient (Wildman–Crippen LogP) is 4.18. The van der Waals surface area contributed by atoms with Crippen LogP contribution >= 0.6 is 12.2 Å². The third kappa shape index (κ3) is 5.19. The van der Waals surface area contributed by atoms with Crippen LogP contribution in [0.5, 0.6) is 5.75 Å². The van der Waals surface area contributed by atoms with Crippen LogP contribution in [0.4, 0.5) is 5.69 Å². The summed E-state index contributed by atoms with van der Waals surface area (Å²) in [6.07, 6.45) is 3.65. The molecular weight excluding hydrogens is 444 g/mol. The first-order valence-electron chi connectivity index (χ1n) is 12.3. The number of ether oxygens (including phenoxy) is 1. The van der Waals surface area contributed by atoms with Gasteiger partial charge in [-0.25, -0.2) is 4.68 Å². The molecule has 8 heteroatoms. The van der Waals surface area contributed by atoms with Crippen molar-refractivity contribution in [2.24, 2.45) is 0 Å². The number of rotatable bonds is 7. The molecule has 0 N–H and O–H groups in total. The van der Waals surface area contributed by atoms with Crippen LogP contribution in [0.1, 0.15) is 25.1 Å². The lowest BCUT2D eigenvalue weighted by Crippen LogP contribution is -2.32. The molecule has 0 spiro atoms. The van der Waals surface area contributed by atoms with Crippen LogP contribution in [0.25, 0.3) is 5.69 Å². The van der Waals surface area contributed by atoms with Crippen LogP contribution in [-0.4, -0.2) is 70.5 Å². The van der Waals surface area contributed by atoms with Crippen LogP contribution in [0.15, 0.2) is 54.6 Å². The molecule has 180 valence electrons. The highest BCUT2D eigenvalue weighted by molar-refractivity contribution is 7.71. The molecule has 0 amide bonds. The van der Waals surface area contributed by atoms with Gasteiger partial charge in [-0.15, -0.1) is 0 Å². The Balaban J connectivity index is 1.32. The van der Waals surface area contributed by atoms with Crippen molar-refractivity contribution >= 4 is 17.9 Å². The predicted molar refractivity (Wildman–Crippen MR) is 138 cm³/mol. The average molecular weight is 479 g/mol. The van der Waals surface area contributed by atoms with E-state index in [4.69, 9.17) is 22.1 Å². The van der Waals surface area contributed by atoms with Gasteiger partial charge in [-0.1, -0.05) is 18.2 Å². The minimum Gasteiger partial charge on any atom is -0.497 e. The summed E-state index contributed by atoms with van der Waals surface area (Å²) in [6.45, 7) is 7.90. The van der Waals surface area contributed by atoms with Crippen LogP contribution in [0, 0.1) is 4.77 Å². The van der Waals surface area contributed by atoms with Crippen molar-refractivity contribution in [3.8, 4) is 11.4 Å². The lowest BCUT2D eigenvalue weighted by molar-refractivity contribution is 0.218. The highest BCUT2D eigenvalue weighted by Crippen LogP contribution is 2.21. The van der Waals surface area contributed by atoms with Crippen LogP contribution < -0.4 is 9.64 Å². The molecule has 3 heterocycles. The normalized spacial score (nSPS) is 17.7. The number of anilines is 1. The first-order valence-corrected chi connectivity index (χ1v) is 12.7. The van der Waals surface area contributed by atoms with Crippen molar-refractivity contribution in [2.75, 3.05) is 51.3 Å². The summed E-state index contributed by atoms with van der Waals surface area (Å²) in [7, 11) is 1.71. The molecule has 2 aliphatic heterocycles. The molecule has 0 aliphatic carbocycles. The Bertz CT molecular complexity index is 1120. The highest BCUT2D eigenvalue weighted by Gasteiger charge is 2.21. The van der Waals surface area contributed by atoms with E-state index in [1.807, 2.05) is 22.9 Å². The molecule has 5 rings (SSSR count). The zero-order valence-electron chi connectivity index (χ0n) is 20.0. The summed E-state index contributed by atoms with van der Waals surface area (Å²) in [5, 5.41) is 5.04. The Hall–Kier alpha value is -2.68. The van der Waals surface area contributed by atoms with Gasteiger partial charge < -0.3 is 9.64 Å². The van der Waals surface area contributed by atoms with Gasteiger partial charge in [0.1, 0.15) is 5.75 Å². The molecule has 0 atom stereocenters. The number of para-hydroxylation sites is 1. The molecule has 7 nitrogen and oxygen atoms in total. The molecule has 1 aromatic heterocycles. The van der Waals surface area contributed by atoms with E-state index in [0.29, 0.717) is 0 Å². The fourth-order valence-electron chi connectivity index (χ4n) is 4.98. The van der Waals surface area contributed by atoms with Crippen LogP contribution in [0.3, 0.4) is 0 Å². The Morgan fingerprint density at radius 3 is 2.26 bits per heavy atom. The van der Waals surface area contributed by atoms with Gasteiger partial charge >= 0.3 is 0 Å². The molecule has 0 unspecified atom stereocenters. The lowest BCUT2D eigenvalue weighted by Gasteiger charge is -2.23. The van der Waals surface area contributed by atoms with Gasteiger partial charge in [0.25, 0.3) is 0 Å². The van der Waals surface area contributed by atoms with Crippen LogP contribution in [0.2, 0.25) is 0 Å². The second-order valence-electron chi connectivity index (χ2n) is 9.15. The molecule has 34 heavy (non-hydrogen) atoms. The maximum absolute atomic E-state index is 5.96. The summed E-state index contributed by atoms with van der Waals surface area (Å²) < 4.78 is 10.3. The van der Waals surface area contributed by atoms with Crippen molar-refractivity contribution in [3.63, 3.8) is 0 Å². The number of hydrogen-bond donors (Lipinski definition) is 0. The second-order valence-corrected chi connectivity index (χ2v) is 9.52. The smallest absolute Gasteiger partial charge is 0.203 e. The van der Waals surface area contributed by atoms with Crippen LogP contribution in [-0.2, 0) is 13.2 Å². The number of likely N-dealkylation sites (tertiary alicyclic amines) is 1.